The van der Waals surface area contributed by atoms with E-state index in [0.29, 0.717) is 42.4 Å². The fraction of sp³-hybridized carbons (Fsp3) is 0.308. The molecule has 0 spiro atoms. The molecule has 38 heavy (non-hydrogen) atoms. The van der Waals surface area contributed by atoms with Crippen LogP contribution >= 0.6 is 23.2 Å². The van der Waals surface area contributed by atoms with Crippen LogP contribution in [0.3, 0.4) is 0 Å². The molecule has 0 fully saturated rings. The molecule has 1 heterocycles. The van der Waals surface area contributed by atoms with Gasteiger partial charge in [0.25, 0.3) is 5.69 Å². The van der Waals surface area contributed by atoms with E-state index in [1.54, 1.807) is 12.1 Å². The zero-order valence-corrected chi connectivity index (χ0v) is 21.7. The summed E-state index contributed by atoms with van der Waals surface area (Å²) in [6.45, 7) is 0. The molecule has 0 aromatic heterocycles. The van der Waals surface area contributed by atoms with Crippen LogP contribution in [-0.2, 0) is 9.59 Å². The van der Waals surface area contributed by atoms with Crippen LogP contribution in [-0.4, -0.2) is 33.4 Å². The van der Waals surface area contributed by atoms with Gasteiger partial charge in [-0.15, -0.1) is 0 Å². The largest absolute Gasteiger partial charge is 0.447 e. The van der Waals surface area contributed by atoms with E-state index in [-0.39, 0.29) is 33.1 Å². The Morgan fingerprint density at radius 3 is 1.92 bits per heavy atom. The SMILES string of the molecule is CN1C2=C(C(=O)CCC2)C(c2cc(Cl)c(Oc3ccc([N+](=O)[O-])cc3[N+](=O)[O-])c(Cl)c2)C2=C1CCCC2=O. The van der Waals surface area contributed by atoms with Crippen LogP contribution in [0.1, 0.15) is 50.0 Å². The summed E-state index contributed by atoms with van der Waals surface area (Å²) in [4.78, 5) is 49.4. The van der Waals surface area contributed by atoms with Gasteiger partial charge in [0.2, 0.25) is 5.75 Å². The minimum absolute atomic E-state index is 0.00916. The second-order valence-corrected chi connectivity index (χ2v) is 10.2. The fourth-order valence-electron chi connectivity index (χ4n) is 5.49. The van der Waals surface area contributed by atoms with Crippen LogP contribution < -0.4 is 4.74 Å². The first kappa shape index (κ1) is 25.9. The summed E-state index contributed by atoms with van der Waals surface area (Å²) >= 11 is 13.1. The maximum Gasteiger partial charge on any atom is 0.318 e. The monoisotopic (exact) mass is 557 g/mol. The van der Waals surface area contributed by atoms with Crippen molar-refractivity contribution < 1.29 is 24.2 Å². The Kier molecular flexibility index (Phi) is 6.70. The highest BCUT2D eigenvalue weighted by Crippen LogP contribution is 2.51. The van der Waals surface area contributed by atoms with Gasteiger partial charge in [-0.3, -0.25) is 29.8 Å². The number of hydrogen-bond acceptors (Lipinski definition) is 8. The Morgan fingerprint density at radius 1 is 0.868 bits per heavy atom. The molecule has 2 aliphatic carbocycles. The molecule has 0 N–H and O–H groups in total. The van der Waals surface area contributed by atoms with E-state index in [1.165, 1.54) is 0 Å². The number of carbonyl (C=O) groups is 2. The van der Waals surface area contributed by atoms with Crippen LogP contribution in [0.4, 0.5) is 11.4 Å². The van der Waals surface area contributed by atoms with E-state index in [2.05, 4.69) is 0 Å². The third-order valence-electron chi connectivity index (χ3n) is 7.16. The van der Waals surface area contributed by atoms with Crippen LogP contribution in [0.15, 0.2) is 52.9 Å². The van der Waals surface area contributed by atoms with Crippen molar-refractivity contribution >= 4 is 46.1 Å². The molecule has 0 unspecified atom stereocenters. The van der Waals surface area contributed by atoms with Gasteiger partial charge in [0.1, 0.15) is 0 Å². The number of Topliss-reactive ketones (excluding diaryl/α,β-unsaturated/α-hetero) is 2. The quantitative estimate of drug-likeness (QED) is 0.294. The van der Waals surface area contributed by atoms with E-state index in [0.717, 1.165) is 42.4 Å². The molecule has 0 atom stereocenters. The zero-order chi connectivity index (χ0) is 27.3. The minimum atomic E-state index is -0.803. The predicted molar refractivity (Wildman–Crippen MR) is 139 cm³/mol. The maximum absolute atomic E-state index is 13.2. The van der Waals surface area contributed by atoms with Crippen molar-refractivity contribution in [2.75, 3.05) is 7.05 Å². The topological polar surface area (TPSA) is 133 Å². The number of hydrogen-bond donors (Lipinski definition) is 0. The van der Waals surface area contributed by atoms with Crippen LogP contribution in [0.2, 0.25) is 10.0 Å². The van der Waals surface area contributed by atoms with Crippen molar-refractivity contribution in [2.45, 2.75) is 44.4 Å². The number of rotatable bonds is 5. The summed E-state index contributed by atoms with van der Waals surface area (Å²) in [5.41, 5.74) is 2.38. The first-order chi connectivity index (χ1) is 18.1. The number of non-ortho nitro benzene ring substituents is 1. The molecule has 0 bridgehead atoms. The molecule has 0 saturated heterocycles. The third-order valence-corrected chi connectivity index (χ3v) is 7.72. The van der Waals surface area contributed by atoms with Crippen LogP contribution in [0.25, 0.3) is 0 Å². The number of carbonyl (C=O) groups excluding carboxylic acids is 2. The van der Waals surface area contributed by atoms with Gasteiger partial charge in [0.15, 0.2) is 17.3 Å². The highest BCUT2D eigenvalue weighted by molar-refractivity contribution is 6.37. The van der Waals surface area contributed by atoms with Crippen molar-refractivity contribution in [3.05, 3.63) is 88.7 Å². The summed E-state index contributed by atoms with van der Waals surface area (Å²) in [5.74, 6) is -1.05. The number of nitro groups is 2. The molecule has 0 saturated carbocycles. The number of nitro benzene ring substituents is 2. The number of halogens is 2. The summed E-state index contributed by atoms with van der Waals surface area (Å²) in [6.07, 6.45) is 3.65. The standard InChI is InChI=1S/C26H21Cl2N3O7/c1-29-17-4-2-6-20(32)24(17)23(25-18(29)5-3-7-21(25)33)13-10-15(27)26(16(28)11-13)38-22-9-8-14(30(34)35)12-19(22)31(36)37/h8-12,23H,2-7H2,1H3. The first-order valence-corrected chi connectivity index (χ1v) is 12.7. The number of nitrogens with zero attached hydrogens (tertiary/aromatic N) is 3. The average Bonchev–Trinajstić information content (AvgIpc) is 2.87. The van der Waals surface area contributed by atoms with Crippen molar-refractivity contribution in [3.63, 3.8) is 0 Å². The second kappa shape index (κ2) is 9.85. The molecule has 10 nitrogen and oxygen atoms in total. The number of allylic oxidation sites excluding steroid dienone is 4. The summed E-state index contributed by atoms with van der Waals surface area (Å²) in [7, 11) is 1.89. The van der Waals surface area contributed by atoms with Gasteiger partial charge >= 0.3 is 5.69 Å². The molecular weight excluding hydrogens is 537 g/mol. The Hall–Kier alpha value is -3.76. The van der Waals surface area contributed by atoms with E-state index in [4.69, 9.17) is 27.9 Å². The average molecular weight is 558 g/mol. The molecule has 0 amide bonds. The van der Waals surface area contributed by atoms with Crippen molar-refractivity contribution in [2.24, 2.45) is 0 Å². The Balaban J connectivity index is 1.61. The molecular formula is C26H21Cl2N3O7. The Morgan fingerprint density at radius 2 is 1.42 bits per heavy atom. The number of ketones is 2. The molecule has 1 aliphatic heterocycles. The second-order valence-electron chi connectivity index (χ2n) is 9.35. The van der Waals surface area contributed by atoms with Crippen LogP contribution in [0, 0.1) is 20.2 Å². The Labute approximate surface area is 226 Å². The molecule has 0 radical (unpaired) electrons. The minimum Gasteiger partial charge on any atom is -0.447 e. The molecule has 5 rings (SSSR count). The van der Waals surface area contributed by atoms with Gasteiger partial charge in [-0.1, -0.05) is 23.2 Å². The lowest BCUT2D eigenvalue weighted by Crippen LogP contribution is -2.37. The lowest BCUT2D eigenvalue weighted by Gasteiger charge is -2.42. The van der Waals surface area contributed by atoms with Gasteiger partial charge in [-0.2, -0.15) is 0 Å². The number of benzene rings is 2. The number of ether oxygens (including phenoxy) is 1. The smallest absolute Gasteiger partial charge is 0.318 e. The molecule has 12 heteroatoms. The summed E-state index contributed by atoms with van der Waals surface area (Å²) in [5, 5.41) is 22.6. The van der Waals surface area contributed by atoms with Crippen LogP contribution in [0.5, 0.6) is 11.5 Å². The molecule has 2 aromatic rings. The van der Waals surface area contributed by atoms with E-state index < -0.39 is 27.1 Å². The van der Waals surface area contributed by atoms with E-state index in [1.807, 2.05) is 11.9 Å². The molecule has 3 aliphatic rings. The molecule has 196 valence electrons. The van der Waals surface area contributed by atoms with Gasteiger partial charge in [0.05, 0.1) is 26.0 Å². The Bertz CT molecular complexity index is 1430. The van der Waals surface area contributed by atoms with Crippen molar-refractivity contribution in [3.8, 4) is 11.5 Å². The van der Waals surface area contributed by atoms with Crippen molar-refractivity contribution in [1.82, 2.24) is 4.90 Å². The van der Waals surface area contributed by atoms with Gasteiger partial charge in [-0.05, 0) is 49.4 Å². The van der Waals surface area contributed by atoms with Crippen molar-refractivity contribution in [1.29, 1.82) is 0 Å². The maximum atomic E-state index is 13.2. The van der Waals surface area contributed by atoms with Gasteiger partial charge in [0, 0.05) is 54.4 Å². The molecule has 2 aromatic carbocycles. The lowest BCUT2D eigenvalue weighted by molar-refractivity contribution is -0.394. The van der Waals surface area contributed by atoms with Gasteiger partial charge in [-0.25, -0.2) is 0 Å². The lowest BCUT2D eigenvalue weighted by atomic mass is 9.71. The van der Waals surface area contributed by atoms with E-state index in [9.17, 15) is 29.8 Å². The normalized spacial score (nSPS) is 17.9. The zero-order valence-electron chi connectivity index (χ0n) is 20.2. The highest BCUT2D eigenvalue weighted by Gasteiger charge is 2.42. The van der Waals surface area contributed by atoms with E-state index >= 15 is 0 Å². The van der Waals surface area contributed by atoms with Gasteiger partial charge < -0.3 is 9.64 Å². The summed E-state index contributed by atoms with van der Waals surface area (Å²) in [6, 6.07) is 6.06. The summed E-state index contributed by atoms with van der Waals surface area (Å²) < 4.78 is 5.69. The predicted octanol–water partition coefficient (Wildman–Crippen LogP) is 6.65. The fourth-order valence-corrected chi connectivity index (χ4v) is 6.07. The third kappa shape index (κ3) is 4.33. The first-order valence-electron chi connectivity index (χ1n) is 11.9. The highest BCUT2D eigenvalue weighted by atomic mass is 35.5.